The molecule has 0 spiro atoms. The summed E-state index contributed by atoms with van der Waals surface area (Å²) in [5.74, 6) is 0. The molecular formula is C12H18N2S. The number of pyridine rings is 1. The molecule has 0 radical (unpaired) electrons. The average Bonchev–Trinajstić information content (AvgIpc) is 2.24. The van der Waals surface area contributed by atoms with Crippen LogP contribution in [0.15, 0.2) is 24.5 Å². The predicted molar refractivity (Wildman–Crippen MR) is 66.0 cm³/mol. The zero-order chi connectivity index (χ0) is 10.6. The second-order valence-electron chi connectivity index (χ2n) is 4.21. The lowest BCUT2D eigenvalue weighted by atomic mass is 9.84. The topological polar surface area (TPSA) is 24.9 Å². The Morgan fingerprint density at radius 3 is 2.93 bits per heavy atom. The van der Waals surface area contributed by atoms with Crippen molar-refractivity contribution in [1.82, 2.24) is 10.3 Å². The van der Waals surface area contributed by atoms with Crippen LogP contribution < -0.4 is 5.32 Å². The van der Waals surface area contributed by atoms with Gasteiger partial charge < -0.3 is 5.32 Å². The Bertz CT molecular complexity index is 290. The highest BCUT2D eigenvalue weighted by molar-refractivity contribution is 8.00. The zero-order valence-corrected chi connectivity index (χ0v) is 10.0. The standard InChI is InChI=1S/C12H18N2S/c1-15-12(5-3-6-12)10-14-9-11-4-2-7-13-8-11/h2,4,7-8,14H,3,5-6,9-10H2,1H3. The number of nitrogens with zero attached hydrogens (tertiary/aromatic N) is 1. The van der Waals surface area contributed by atoms with Gasteiger partial charge in [0.25, 0.3) is 0 Å². The molecular weight excluding hydrogens is 204 g/mol. The highest BCUT2D eigenvalue weighted by Gasteiger charge is 2.35. The van der Waals surface area contributed by atoms with Gasteiger partial charge in [-0.05, 0) is 30.7 Å². The molecule has 2 nitrogen and oxygen atoms in total. The number of nitrogens with one attached hydrogen (secondary N) is 1. The van der Waals surface area contributed by atoms with Crippen molar-refractivity contribution < 1.29 is 0 Å². The van der Waals surface area contributed by atoms with E-state index in [1.54, 1.807) is 0 Å². The van der Waals surface area contributed by atoms with Gasteiger partial charge in [-0.3, -0.25) is 4.98 Å². The molecule has 1 aliphatic carbocycles. The quantitative estimate of drug-likeness (QED) is 0.828. The van der Waals surface area contributed by atoms with Gasteiger partial charge in [-0.25, -0.2) is 0 Å². The van der Waals surface area contributed by atoms with E-state index in [0.717, 1.165) is 13.1 Å². The van der Waals surface area contributed by atoms with Crippen LogP contribution in [0.3, 0.4) is 0 Å². The summed E-state index contributed by atoms with van der Waals surface area (Å²) >= 11 is 2.02. The molecule has 1 heterocycles. The zero-order valence-electron chi connectivity index (χ0n) is 9.20. The number of rotatable bonds is 5. The average molecular weight is 222 g/mol. The Morgan fingerprint density at radius 1 is 1.53 bits per heavy atom. The minimum Gasteiger partial charge on any atom is -0.311 e. The summed E-state index contributed by atoms with van der Waals surface area (Å²) < 4.78 is 0.530. The van der Waals surface area contributed by atoms with Gasteiger partial charge in [0.2, 0.25) is 0 Å². The second kappa shape index (κ2) is 4.99. The smallest absolute Gasteiger partial charge is 0.0312 e. The van der Waals surface area contributed by atoms with E-state index in [1.165, 1.54) is 24.8 Å². The van der Waals surface area contributed by atoms with Crippen molar-refractivity contribution in [2.24, 2.45) is 0 Å². The van der Waals surface area contributed by atoms with Gasteiger partial charge in [-0.2, -0.15) is 11.8 Å². The SMILES string of the molecule is CSC1(CNCc2cccnc2)CCC1. The lowest BCUT2D eigenvalue weighted by molar-refractivity contribution is 0.345. The van der Waals surface area contributed by atoms with Crippen LogP contribution >= 0.6 is 11.8 Å². The molecule has 1 aliphatic rings. The van der Waals surface area contributed by atoms with Crippen molar-refractivity contribution in [2.75, 3.05) is 12.8 Å². The Morgan fingerprint density at radius 2 is 2.40 bits per heavy atom. The molecule has 0 saturated heterocycles. The van der Waals surface area contributed by atoms with Crippen LogP contribution in [0.2, 0.25) is 0 Å². The summed E-state index contributed by atoms with van der Waals surface area (Å²) in [7, 11) is 0. The van der Waals surface area contributed by atoms with Crippen molar-refractivity contribution in [1.29, 1.82) is 0 Å². The molecule has 3 heteroatoms. The first kappa shape index (κ1) is 11.0. The van der Waals surface area contributed by atoms with Crippen molar-refractivity contribution >= 4 is 11.8 Å². The fourth-order valence-corrected chi connectivity index (χ4v) is 2.90. The third-order valence-corrected chi connectivity index (χ3v) is 4.62. The van der Waals surface area contributed by atoms with Crippen LogP contribution in [0.4, 0.5) is 0 Å². The van der Waals surface area contributed by atoms with E-state index in [2.05, 4.69) is 22.6 Å². The first-order chi connectivity index (χ1) is 7.35. The number of aromatic nitrogens is 1. The van der Waals surface area contributed by atoms with Crippen molar-refractivity contribution in [3.05, 3.63) is 30.1 Å². The molecule has 15 heavy (non-hydrogen) atoms. The van der Waals surface area contributed by atoms with Gasteiger partial charge in [0.15, 0.2) is 0 Å². The molecule has 1 N–H and O–H groups in total. The van der Waals surface area contributed by atoms with Crippen LogP contribution in [-0.2, 0) is 6.54 Å². The van der Waals surface area contributed by atoms with Gasteiger partial charge in [0.1, 0.15) is 0 Å². The lowest BCUT2D eigenvalue weighted by Gasteiger charge is -2.40. The summed E-state index contributed by atoms with van der Waals surface area (Å²) in [5, 5.41) is 3.53. The van der Waals surface area contributed by atoms with Crippen molar-refractivity contribution in [3.8, 4) is 0 Å². The summed E-state index contributed by atoms with van der Waals surface area (Å²) in [6, 6.07) is 4.11. The van der Waals surface area contributed by atoms with Crippen LogP contribution in [0.1, 0.15) is 24.8 Å². The molecule has 0 unspecified atom stereocenters. The normalized spacial score (nSPS) is 18.5. The second-order valence-corrected chi connectivity index (χ2v) is 5.48. The molecule has 0 aliphatic heterocycles. The monoisotopic (exact) mass is 222 g/mol. The van der Waals surface area contributed by atoms with Crippen LogP contribution in [-0.4, -0.2) is 22.5 Å². The Labute approximate surface area is 95.9 Å². The Hall–Kier alpha value is -0.540. The minimum atomic E-state index is 0.530. The molecule has 0 aromatic carbocycles. The van der Waals surface area contributed by atoms with E-state index in [0.29, 0.717) is 4.75 Å². The lowest BCUT2D eigenvalue weighted by Crippen LogP contribution is -2.43. The first-order valence-corrected chi connectivity index (χ1v) is 6.72. The maximum atomic E-state index is 4.11. The van der Waals surface area contributed by atoms with Crippen molar-refractivity contribution in [3.63, 3.8) is 0 Å². The van der Waals surface area contributed by atoms with Gasteiger partial charge >= 0.3 is 0 Å². The third-order valence-electron chi connectivity index (χ3n) is 3.20. The molecule has 0 amide bonds. The maximum Gasteiger partial charge on any atom is 0.0312 e. The van der Waals surface area contributed by atoms with Crippen LogP contribution in [0, 0.1) is 0 Å². The number of thioether (sulfide) groups is 1. The molecule has 2 rings (SSSR count). The van der Waals surface area contributed by atoms with E-state index < -0.39 is 0 Å². The van der Waals surface area contributed by atoms with Gasteiger partial charge in [-0.1, -0.05) is 12.5 Å². The number of hydrogen-bond acceptors (Lipinski definition) is 3. The van der Waals surface area contributed by atoms with Crippen molar-refractivity contribution in [2.45, 2.75) is 30.6 Å². The molecule has 0 atom stereocenters. The minimum absolute atomic E-state index is 0.530. The fourth-order valence-electron chi connectivity index (χ4n) is 1.96. The predicted octanol–water partition coefficient (Wildman–Crippen LogP) is 2.46. The van der Waals surface area contributed by atoms with E-state index in [4.69, 9.17) is 0 Å². The van der Waals surface area contributed by atoms with E-state index in [1.807, 2.05) is 30.2 Å². The summed E-state index contributed by atoms with van der Waals surface area (Å²) in [6.45, 7) is 2.07. The molecule has 1 saturated carbocycles. The first-order valence-electron chi connectivity index (χ1n) is 5.49. The van der Waals surface area contributed by atoms with Gasteiger partial charge in [0, 0.05) is 30.2 Å². The summed E-state index contributed by atoms with van der Waals surface area (Å²) in [4.78, 5) is 4.11. The number of hydrogen-bond donors (Lipinski definition) is 1. The highest BCUT2D eigenvalue weighted by Crippen LogP contribution is 2.42. The molecule has 0 bridgehead atoms. The molecule has 82 valence electrons. The van der Waals surface area contributed by atoms with E-state index >= 15 is 0 Å². The Kier molecular flexibility index (Phi) is 3.65. The molecule has 1 fully saturated rings. The molecule has 1 aromatic heterocycles. The van der Waals surface area contributed by atoms with Crippen LogP contribution in [0.25, 0.3) is 0 Å². The summed E-state index contributed by atoms with van der Waals surface area (Å²) in [6.07, 6.45) is 10.1. The van der Waals surface area contributed by atoms with E-state index in [9.17, 15) is 0 Å². The highest BCUT2D eigenvalue weighted by atomic mass is 32.2. The largest absolute Gasteiger partial charge is 0.311 e. The Balaban J connectivity index is 1.75. The summed E-state index contributed by atoms with van der Waals surface area (Å²) in [5.41, 5.74) is 1.27. The van der Waals surface area contributed by atoms with Gasteiger partial charge in [0.05, 0.1) is 0 Å². The molecule has 1 aromatic rings. The fraction of sp³-hybridized carbons (Fsp3) is 0.583. The van der Waals surface area contributed by atoms with Gasteiger partial charge in [-0.15, -0.1) is 0 Å². The van der Waals surface area contributed by atoms with E-state index in [-0.39, 0.29) is 0 Å². The third kappa shape index (κ3) is 2.73. The maximum absolute atomic E-state index is 4.11. The van der Waals surface area contributed by atoms with Crippen LogP contribution in [0.5, 0.6) is 0 Å².